The monoisotopic (exact) mass is 538 g/mol. The Labute approximate surface area is 234 Å². The molecule has 0 spiro atoms. The van der Waals surface area contributed by atoms with E-state index in [0.29, 0.717) is 17.2 Å². The normalized spacial score (nSPS) is 11.2. The van der Waals surface area contributed by atoms with Crippen molar-refractivity contribution in [2.75, 3.05) is 5.32 Å². The van der Waals surface area contributed by atoms with Gasteiger partial charge in [0.1, 0.15) is 11.5 Å². The summed E-state index contributed by atoms with van der Waals surface area (Å²) in [5.41, 5.74) is 8.03. The van der Waals surface area contributed by atoms with Crippen LogP contribution in [0.4, 0.5) is 10.1 Å². The molecule has 1 amide bonds. The van der Waals surface area contributed by atoms with E-state index in [1.165, 1.54) is 12.1 Å². The molecule has 0 aliphatic carbocycles. The van der Waals surface area contributed by atoms with Gasteiger partial charge in [0.15, 0.2) is 5.82 Å². The second-order valence-electron chi connectivity index (χ2n) is 9.80. The first-order valence-corrected chi connectivity index (χ1v) is 13.1. The van der Waals surface area contributed by atoms with Crippen LogP contribution in [0.3, 0.4) is 0 Å². The minimum absolute atomic E-state index is 0.106. The molecule has 0 atom stereocenters. The zero-order chi connectivity index (χ0) is 27.8. The van der Waals surface area contributed by atoms with Crippen molar-refractivity contribution < 1.29 is 9.18 Å². The molecule has 7 rings (SSSR count). The molecule has 8 heteroatoms. The number of hydrogen-bond acceptors (Lipinski definition) is 4. The highest BCUT2D eigenvalue weighted by Gasteiger charge is 2.16. The smallest absolute Gasteiger partial charge is 0.228 e. The second-order valence-corrected chi connectivity index (χ2v) is 9.80. The summed E-state index contributed by atoms with van der Waals surface area (Å²) in [6.07, 6.45) is 3.69. The van der Waals surface area contributed by atoms with E-state index in [-0.39, 0.29) is 18.1 Å². The molecule has 0 saturated carbocycles. The fourth-order valence-corrected chi connectivity index (χ4v) is 5.06. The summed E-state index contributed by atoms with van der Waals surface area (Å²) in [5.74, 6) is 0.202. The number of anilines is 1. The predicted octanol–water partition coefficient (Wildman–Crippen LogP) is 7.16. The Morgan fingerprint density at radius 3 is 2.56 bits per heavy atom. The Hall–Kier alpha value is -5.63. The van der Waals surface area contributed by atoms with Crippen LogP contribution >= 0.6 is 0 Å². The number of halogens is 1. The van der Waals surface area contributed by atoms with Gasteiger partial charge in [-0.15, -0.1) is 0 Å². The number of carbonyl (C=O) groups is 1. The van der Waals surface area contributed by atoms with Crippen molar-refractivity contribution >= 4 is 33.5 Å². The van der Waals surface area contributed by atoms with Gasteiger partial charge in [-0.1, -0.05) is 60.7 Å². The molecule has 3 N–H and O–H groups in total. The zero-order valence-corrected chi connectivity index (χ0v) is 21.7. The molecule has 198 valence electrons. The predicted molar refractivity (Wildman–Crippen MR) is 159 cm³/mol. The lowest BCUT2D eigenvalue weighted by molar-refractivity contribution is -0.115. The SMILES string of the molecule is O=C(Cc1ccccc1)Nc1cncc(-c2ccc3[nH]nc(-c4nc5c(-c6cccc(F)c6)cccc5[nH]4)c3c2)c1. The van der Waals surface area contributed by atoms with E-state index < -0.39 is 0 Å². The van der Waals surface area contributed by atoms with Crippen molar-refractivity contribution in [1.82, 2.24) is 25.1 Å². The first kappa shape index (κ1) is 24.4. The van der Waals surface area contributed by atoms with Gasteiger partial charge in [0.25, 0.3) is 0 Å². The Morgan fingerprint density at radius 2 is 1.68 bits per heavy atom. The van der Waals surface area contributed by atoms with Crippen molar-refractivity contribution in [1.29, 1.82) is 0 Å². The Balaban J connectivity index is 1.21. The van der Waals surface area contributed by atoms with Gasteiger partial charge >= 0.3 is 0 Å². The minimum atomic E-state index is -0.296. The molecule has 4 aromatic carbocycles. The summed E-state index contributed by atoms with van der Waals surface area (Å²) in [6.45, 7) is 0. The fourth-order valence-electron chi connectivity index (χ4n) is 5.06. The van der Waals surface area contributed by atoms with Crippen LogP contribution in [0.2, 0.25) is 0 Å². The number of H-pyrrole nitrogens is 2. The van der Waals surface area contributed by atoms with Crippen LogP contribution in [-0.4, -0.2) is 31.1 Å². The molecular weight excluding hydrogens is 515 g/mol. The van der Waals surface area contributed by atoms with Gasteiger partial charge in [-0.05, 0) is 53.1 Å². The van der Waals surface area contributed by atoms with Crippen LogP contribution in [0.15, 0.2) is 109 Å². The number of carbonyl (C=O) groups excluding carboxylic acids is 1. The van der Waals surface area contributed by atoms with Crippen LogP contribution < -0.4 is 5.32 Å². The van der Waals surface area contributed by atoms with Gasteiger partial charge in [0.2, 0.25) is 5.91 Å². The van der Waals surface area contributed by atoms with E-state index in [1.54, 1.807) is 18.5 Å². The quantitative estimate of drug-likeness (QED) is 0.209. The highest BCUT2D eigenvalue weighted by Crippen LogP contribution is 2.33. The first-order valence-electron chi connectivity index (χ1n) is 13.1. The number of imidazole rings is 1. The molecule has 0 fully saturated rings. The number of pyridine rings is 1. The number of amides is 1. The summed E-state index contributed by atoms with van der Waals surface area (Å²) < 4.78 is 13.9. The van der Waals surface area contributed by atoms with Crippen LogP contribution in [-0.2, 0) is 11.2 Å². The van der Waals surface area contributed by atoms with Crippen molar-refractivity contribution in [3.63, 3.8) is 0 Å². The Morgan fingerprint density at radius 1 is 0.805 bits per heavy atom. The van der Waals surface area contributed by atoms with Gasteiger partial charge in [-0.3, -0.25) is 14.9 Å². The highest BCUT2D eigenvalue weighted by atomic mass is 19.1. The number of fused-ring (bicyclic) bond motifs is 2. The highest BCUT2D eigenvalue weighted by molar-refractivity contribution is 5.98. The van der Waals surface area contributed by atoms with Gasteiger partial charge in [-0.25, -0.2) is 9.37 Å². The van der Waals surface area contributed by atoms with E-state index in [0.717, 1.165) is 49.8 Å². The number of aromatic nitrogens is 5. The third-order valence-corrected chi connectivity index (χ3v) is 7.00. The number of rotatable bonds is 6. The maximum absolute atomic E-state index is 13.9. The maximum atomic E-state index is 13.9. The number of benzene rings is 4. The zero-order valence-electron chi connectivity index (χ0n) is 21.7. The van der Waals surface area contributed by atoms with Crippen molar-refractivity contribution in [2.24, 2.45) is 0 Å². The van der Waals surface area contributed by atoms with E-state index in [9.17, 15) is 9.18 Å². The van der Waals surface area contributed by atoms with Crippen LogP contribution in [0.1, 0.15) is 5.56 Å². The number of aromatic amines is 2. The molecule has 0 aliphatic rings. The molecule has 0 saturated heterocycles. The van der Waals surface area contributed by atoms with Crippen LogP contribution in [0.25, 0.3) is 55.7 Å². The molecule has 0 bridgehead atoms. The number of hydrogen-bond donors (Lipinski definition) is 3. The fraction of sp³-hybridized carbons (Fsp3) is 0.0303. The van der Waals surface area contributed by atoms with Gasteiger partial charge < -0.3 is 10.3 Å². The lowest BCUT2D eigenvalue weighted by Crippen LogP contribution is -2.14. The van der Waals surface area contributed by atoms with E-state index in [4.69, 9.17) is 4.98 Å². The lowest BCUT2D eigenvalue weighted by atomic mass is 10.0. The maximum Gasteiger partial charge on any atom is 0.228 e. The van der Waals surface area contributed by atoms with Crippen molar-refractivity contribution in [3.05, 3.63) is 121 Å². The van der Waals surface area contributed by atoms with Gasteiger partial charge in [0.05, 0.1) is 34.9 Å². The van der Waals surface area contributed by atoms with E-state index in [2.05, 4.69) is 25.5 Å². The molecule has 41 heavy (non-hydrogen) atoms. The summed E-state index contributed by atoms with van der Waals surface area (Å²) in [7, 11) is 0. The molecule has 3 aromatic heterocycles. The molecule has 0 unspecified atom stereocenters. The molecule has 7 nitrogen and oxygen atoms in total. The second kappa shape index (κ2) is 10.2. The Kier molecular flexibility index (Phi) is 6.05. The summed E-state index contributed by atoms with van der Waals surface area (Å²) in [6, 6.07) is 29.8. The van der Waals surface area contributed by atoms with Crippen molar-refractivity contribution in [2.45, 2.75) is 6.42 Å². The van der Waals surface area contributed by atoms with E-state index in [1.807, 2.05) is 78.9 Å². The molecule has 3 heterocycles. The standard InChI is InChI=1S/C33H23FN6O/c34-24-9-4-8-22(15-24)26-10-5-11-29-31(26)38-33(37-29)32-27-17-21(12-13-28(27)39-40-32)23-16-25(19-35-18-23)36-30(41)14-20-6-2-1-3-7-20/h1-13,15-19H,14H2,(H,36,41)(H,37,38)(H,39,40). The van der Waals surface area contributed by atoms with E-state index >= 15 is 0 Å². The third-order valence-electron chi connectivity index (χ3n) is 7.00. The average Bonchev–Trinajstić information content (AvgIpc) is 3.61. The topological polar surface area (TPSA) is 99.3 Å². The Bertz CT molecular complexity index is 2050. The van der Waals surface area contributed by atoms with Crippen LogP contribution in [0.5, 0.6) is 0 Å². The first-order chi connectivity index (χ1) is 20.1. The van der Waals surface area contributed by atoms with Gasteiger partial charge in [-0.2, -0.15) is 5.10 Å². The lowest BCUT2D eigenvalue weighted by Gasteiger charge is -2.08. The van der Waals surface area contributed by atoms with Crippen LogP contribution in [0, 0.1) is 5.82 Å². The van der Waals surface area contributed by atoms with Gasteiger partial charge in [0, 0.05) is 22.7 Å². The largest absolute Gasteiger partial charge is 0.337 e. The molecule has 0 aliphatic heterocycles. The number of para-hydroxylation sites is 1. The molecule has 0 radical (unpaired) electrons. The average molecular weight is 539 g/mol. The third kappa shape index (κ3) is 4.83. The molecular formula is C33H23FN6O. The number of nitrogens with one attached hydrogen (secondary N) is 3. The minimum Gasteiger partial charge on any atom is -0.337 e. The molecule has 7 aromatic rings. The number of nitrogens with zero attached hydrogens (tertiary/aromatic N) is 3. The summed E-state index contributed by atoms with van der Waals surface area (Å²) in [4.78, 5) is 25.2. The summed E-state index contributed by atoms with van der Waals surface area (Å²) >= 11 is 0. The summed E-state index contributed by atoms with van der Waals surface area (Å²) in [5, 5.41) is 11.5. The van der Waals surface area contributed by atoms with Crippen molar-refractivity contribution in [3.8, 4) is 33.8 Å².